The maximum atomic E-state index is 14.5. The van der Waals surface area contributed by atoms with E-state index in [1.54, 1.807) is 23.9 Å². The third-order valence-electron chi connectivity index (χ3n) is 6.85. The maximum absolute atomic E-state index is 14.5. The maximum Gasteiger partial charge on any atom is 0.228 e. The third-order valence-corrected chi connectivity index (χ3v) is 7.64. The number of hydrogen-bond donors (Lipinski definition) is 1. The van der Waals surface area contributed by atoms with Crippen molar-refractivity contribution >= 4 is 23.4 Å². The normalized spacial score (nSPS) is 12.7. The van der Waals surface area contributed by atoms with Crippen LogP contribution < -0.4 is 10.1 Å². The van der Waals surface area contributed by atoms with Gasteiger partial charge in [-0.25, -0.2) is 4.39 Å². The molecule has 38 heavy (non-hydrogen) atoms. The number of nitrogens with zero attached hydrogens (tertiary/aromatic N) is 1. The summed E-state index contributed by atoms with van der Waals surface area (Å²) in [4.78, 5) is 14.7. The molecular weight excluding hydrogens is 495 g/mol. The lowest BCUT2D eigenvalue weighted by molar-refractivity contribution is -0.115. The van der Waals surface area contributed by atoms with Crippen LogP contribution in [0.25, 0.3) is 0 Å². The van der Waals surface area contributed by atoms with Gasteiger partial charge in [-0.1, -0.05) is 95.8 Å². The molecule has 1 aliphatic heterocycles. The average Bonchev–Trinajstić information content (AvgIpc) is 3.42. The lowest BCUT2D eigenvalue weighted by atomic mass is 10.1. The van der Waals surface area contributed by atoms with E-state index in [9.17, 15) is 9.18 Å². The van der Waals surface area contributed by atoms with Gasteiger partial charge in [-0.15, -0.1) is 11.8 Å². The van der Waals surface area contributed by atoms with Gasteiger partial charge < -0.3 is 15.0 Å². The summed E-state index contributed by atoms with van der Waals surface area (Å²) in [6.45, 7) is 3.64. The standard InChI is InChI=1S/C32H45FN2O2S/c1-2-3-4-5-6-7-8-9-10-11-12-13-21-37-31-19-16-28(23-30(31)33)24-32(36)34-29-17-14-27(15-18-29)25-35-20-22-38-26-35/h14-20,22-23H,2-13,21,24-26H2,1H3,(H,34,36). The number of unbranched alkanes of at least 4 members (excludes halogenated alkanes) is 11. The number of benzene rings is 2. The van der Waals surface area contributed by atoms with Crippen LogP contribution in [0, 0.1) is 5.82 Å². The monoisotopic (exact) mass is 540 g/mol. The Balaban J connectivity index is 1.26. The van der Waals surface area contributed by atoms with Crippen molar-refractivity contribution in [2.75, 3.05) is 17.8 Å². The fourth-order valence-corrected chi connectivity index (χ4v) is 5.34. The van der Waals surface area contributed by atoms with Gasteiger partial charge in [0.15, 0.2) is 11.6 Å². The minimum atomic E-state index is -0.410. The van der Waals surface area contributed by atoms with E-state index >= 15 is 0 Å². The van der Waals surface area contributed by atoms with Gasteiger partial charge in [-0.2, -0.15) is 0 Å². The number of rotatable bonds is 19. The van der Waals surface area contributed by atoms with Crippen molar-refractivity contribution in [2.45, 2.75) is 96.9 Å². The Morgan fingerprint density at radius 3 is 2.13 bits per heavy atom. The molecule has 0 aromatic heterocycles. The zero-order valence-corrected chi connectivity index (χ0v) is 23.9. The molecule has 6 heteroatoms. The van der Waals surface area contributed by atoms with Crippen LogP contribution in [0.3, 0.4) is 0 Å². The predicted molar refractivity (Wildman–Crippen MR) is 159 cm³/mol. The number of thioether (sulfide) groups is 1. The molecule has 0 fully saturated rings. The second-order valence-corrected chi connectivity index (χ2v) is 11.1. The molecular formula is C32H45FN2O2S. The lowest BCUT2D eigenvalue weighted by Gasteiger charge is -2.15. The molecule has 2 aromatic carbocycles. The van der Waals surface area contributed by atoms with Crippen LogP contribution in [0.2, 0.25) is 0 Å². The van der Waals surface area contributed by atoms with E-state index in [1.165, 1.54) is 75.8 Å². The molecule has 1 heterocycles. The van der Waals surface area contributed by atoms with Gasteiger partial charge in [0, 0.05) is 18.4 Å². The number of carbonyl (C=O) groups is 1. The van der Waals surface area contributed by atoms with Gasteiger partial charge in [0.25, 0.3) is 0 Å². The predicted octanol–water partition coefficient (Wildman–Crippen LogP) is 9.06. The number of ether oxygens (including phenoxy) is 1. The minimum absolute atomic E-state index is 0.119. The Kier molecular flexibility index (Phi) is 14.2. The Labute approximate surface area is 233 Å². The molecule has 0 spiro atoms. The van der Waals surface area contributed by atoms with Crippen LogP contribution in [0.4, 0.5) is 10.1 Å². The highest BCUT2D eigenvalue weighted by molar-refractivity contribution is 8.02. The van der Waals surface area contributed by atoms with Gasteiger partial charge in [-0.3, -0.25) is 4.79 Å². The number of nitrogens with one attached hydrogen (secondary N) is 1. The van der Waals surface area contributed by atoms with Crippen LogP contribution in [-0.2, 0) is 17.8 Å². The summed E-state index contributed by atoms with van der Waals surface area (Å²) < 4.78 is 20.2. The number of hydrogen-bond acceptors (Lipinski definition) is 4. The molecule has 3 rings (SSSR count). The largest absolute Gasteiger partial charge is 0.491 e. The molecule has 0 unspecified atom stereocenters. The minimum Gasteiger partial charge on any atom is -0.491 e. The zero-order chi connectivity index (χ0) is 26.8. The van der Waals surface area contributed by atoms with Crippen LogP contribution in [0.5, 0.6) is 5.75 Å². The summed E-state index contributed by atoms with van der Waals surface area (Å²) in [7, 11) is 0. The summed E-state index contributed by atoms with van der Waals surface area (Å²) >= 11 is 1.78. The lowest BCUT2D eigenvalue weighted by Crippen LogP contribution is -2.15. The number of halogens is 1. The fraction of sp³-hybridized carbons (Fsp3) is 0.531. The van der Waals surface area contributed by atoms with E-state index < -0.39 is 5.82 Å². The summed E-state index contributed by atoms with van der Waals surface area (Å²) in [5, 5.41) is 4.99. The van der Waals surface area contributed by atoms with Crippen LogP contribution in [-0.4, -0.2) is 23.3 Å². The van der Waals surface area contributed by atoms with Crippen LogP contribution in [0.15, 0.2) is 54.1 Å². The van der Waals surface area contributed by atoms with Gasteiger partial charge in [0.1, 0.15) is 0 Å². The summed E-state index contributed by atoms with van der Waals surface area (Å²) in [6.07, 6.45) is 17.6. The Morgan fingerprint density at radius 1 is 0.895 bits per heavy atom. The highest BCUT2D eigenvalue weighted by atomic mass is 32.2. The molecule has 0 bridgehead atoms. The summed E-state index contributed by atoms with van der Waals surface area (Å²) in [6, 6.07) is 12.7. The second kappa shape index (κ2) is 17.9. The first-order valence-corrected chi connectivity index (χ1v) is 15.5. The highest BCUT2D eigenvalue weighted by Gasteiger charge is 2.10. The summed E-state index contributed by atoms with van der Waals surface area (Å²) in [5.74, 6) is 0.658. The fourth-order valence-electron chi connectivity index (χ4n) is 4.62. The molecule has 1 amide bonds. The van der Waals surface area contributed by atoms with E-state index in [1.807, 2.05) is 24.3 Å². The van der Waals surface area contributed by atoms with E-state index in [-0.39, 0.29) is 18.1 Å². The van der Waals surface area contributed by atoms with Crippen molar-refractivity contribution < 1.29 is 13.9 Å². The van der Waals surface area contributed by atoms with Crippen molar-refractivity contribution in [3.05, 3.63) is 71.0 Å². The molecule has 0 saturated carbocycles. The van der Waals surface area contributed by atoms with Gasteiger partial charge in [0.05, 0.1) is 18.9 Å². The smallest absolute Gasteiger partial charge is 0.228 e. The number of anilines is 1. The van der Waals surface area contributed by atoms with Gasteiger partial charge in [0.2, 0.25) is 5.91 Å². The SMILES string of the molecule is CCCCCCCCCCCCCCOc1ccc(CC(=O)Nc2ccc(CN3C=CSC3)cc2)cc1F. The van der Waals surface area contributed by atoms with Crippen molar-refractivity contribution in [1.29, 1.82) is 0 Å². The molecule has 208 valence electrons. The van der Waals surface area contributed by atoms with E-state index in [4.69, 9.17) is 4.74 Å². The van der Waals surface area contributed by atoms with Gasteiger partial charge in [-0.05, 0) is 47.2 Å². The van der Waals surface area contributed by atoms with Gasteiger partial charge >= 0.3 is 0 Å². The average molecular weight is 541 g/mol. The Bertz CT molecular complexity index is 980. The van der Waals surface area contributed by atoms with Crippen LogP contribution in [0.1, 0.15) is 95.1 Å². The molecule has 0 saturated heterocycles. The molecule has 0 radical (unpaired) electrons. The van der Waals surface area contributed by atoms with Crippen molar-refractivity contribution in [3.63, 3.8) is 0 Å². The molecule has 1 aliphatic rings. The molecule has 1 N–H and O–H groups in total. The Morgan fingerprint density at radius 2 is 1.53 bits per heavy atom. The molecule has 2 aromatic rings. The topological polar surface area (TPSA) is 41.6 Å². The summed E-state index contributed by atoms with van der Waals surface area (Å²) in [5.41, 5.74) is 2.57. The first-order valence-electron chi connectivity index (χ1n) is 14.5. The third kappa shape index (κ3) is 11.9. The van der Waals surface area contributed by atoms with Crippen molar-refractivity contribution in [2.24, 2.45) is 0 Å². The first kappa shape index (κ1) is 30.1. The highest BCUT2D eigenvalue weighted by Crippen LogP contribution is 2.21. The van der Waals surface area contributed by atoms with Crippen LogP contribution >= 0.6 is 11.8 Å². The number of amides is 1. The number of carbonyl (C=O) groups excluding carboxylic acids is 1. The van der Waals surface area contributed by atoms with Crippen molar-refractivity contribution in [3.8, 4) is 5.75 Å². The quantitative estimate of drug-likeness (QED) is 0.180. The molecule has 4 nitrogen and oxygen atoms in total. The van der Waals surface area contributed by atoms with E-state index in [2.05, 4.69) is 28.7 Å². The van der Waals surface area contributed by atoms with E-state index in [0.717, 1.165) is 31.0 Å². The second-order valence-electron chi connectivity index (χ2n) is 10.3. The Hall–Kier alpha value is -2.47. The first-order chi connectivity index (χ1) is 18.6. The zero-order valence-electron chi connectivity index (χ0n) is 23.1. The van der Waals surface area contributed by atoms with E-state index in [0.29, 0.717) is 12.2 Å². The molecule has 0 atom stereocenters. The molecule has 0 aliphatic carbocycles. The van der Waals surface area contributed by atoms with Crippen molar-refractivity contribution in [1.82, 2.24) is 4.90 Å².